The Morgan fingerprint density at radius 3 is 2.65 bits per heavy atom. The van der Waals surface area contributed by atoms with Crippen LogP contribution in [0.2, 0.25) is 0 Å². The van der Waals surface area contributed by atoms with Gasteiger partial charge in [0, 0.05) is 38.7 Å². The molecule has 10 heteroatoms. The molecule has 0 bridgehead atoms. The molecule has 0 unspecified atom stereocenters. The summed E-state index contributed by atoms with van der Waals surface area (Å²) in [7, 11) is 4.56. The molecule has 10 nitrogen and oxygen atoms in total. The highest BCUT2D eigenvalue weighted by molar-refractivity contribution is 5.95. The van der Waals surface area contributed by atoms with E-state index in [1.807, 2.05) is 6.92 Å². The van der Waals surface area contributed by atoms with E-state index in [9.17, 15) is 19.5 Å². The molecule has 142 valence electrons. The summed E-state index contributed by atoms with van der Waals surface area (Å²) in [6.45, 7) is 2.42. The number of carboxylic acid groups (broad SMARTS) is 1. The molecule has 1 aromatic heterocycles. The van der Waals surface area contributed by atoms with Gasteiger partial charge in [0.25, 0.3) is 11.8 Å². The third-order valence-corrected chi connectivity index (χ3v) is 5.10. The second kappa shape index (κ2) is 6.60. The Balaban J connectivity index is 2.00. The summed E-state index contributed by atoms with van der Waals surface area (Å²) in [5.74, 6) is -0.993. The van der Waals surface area contributed by atoms with Gasteiger partial charge in [0.2, 0.25) is 0 Å². The van der Waals surface area contributed by atoms with E-state index in [4.69, 9.17) is 4.84 Å². The zero-order valence-electron chi connectivity index (χ0n) is 15.3. The Labute approximate surface area is 150 Å². The number of hydrogen-bond donors (Lipinski definition) is 1. The van der Waals surface area contributed by atoms with Gasteiger partial charge in [0.1, 0.15) is 5.69 Å². The smallest absolute Gasteiger partial charge is 0.407 e. The van der Waals surface area contributed by atoms with Gasteiger partial charge >= 0.3 is 6.09 Å². The second-order valence-corrected chi connectivity index (χ2v) is 6.82. The summed E-state index contributed by atoms with van der Waals surface area (Å²) in [4.78, 5) is 44.6. The summed E-state index contributed by atoms with van der Waals surface area (Å²) in [6, 6.07) is -0.218. The first-order valence-electron chi connectivity index (χ1n) is 8.39. The lowest BCUT2D eigenvalue weighted by Crippen LogP contribution is -2.42. The number of carbonyl (C=O) groups excluding carboxylic acids is 2. The molecule has 2 aliphatic rings. The van der Waals surface area contributed by atoms with Crippen LogP contribution in [0.15, 0.2) is 0 Å². The highest BCUT2D eigenvalue weighted by Crippen LogP contribution is 2.29. The van der Waals surface area contributed by atoms with Gasteiger partial charge < -0.3 is 14.9 Å². The van der Waals surface area contributed by atoms with Gasteiger partial charge in [-0.25, -0.2) is 9.86 Å². The average Bonchev–Trinajstić information content (AvgIpc) is 2.88. The molecule has 3 rings (SSSR count). The molecule has 3 amide bonds. The normalized spacial score (nSPS) is 22.5. The molecule has 0 spiro atoms. The minimum atomic E-state index is -1.02. The first kappa shape index (κ1) is 18.2. The molecular formula is C16H23N5O5. The van der Waals surface area contributed by atoms with Crippen molar-refractivity contribution >= 4 is 17.9 Å². The quantitative estimate of drug-likeness (QED) is 0.741. The summed E-state index contributed by atoms with van der Waals surface area (Å²) in [5, 5.41) is 15.1. The summed E-state index contributed by atoms with van der Waals surface area (Å²) in [6.07, 6.45) is -0.581. The maximum Gasteiger partial charge on any atom is 0.407 e. The van der Waals surface area contributed by atoms with Crippen molar-refractivity contribution in [1.82, 2.24) is 24.6 Å². The maximum atomic E-state index is 12.9. The van der Waals surface area contributed by atoms with Gasteiger partial charge in [-0.3, -0.25) is 19.1 Å². The van der Waals surface area contributed by atoms with Crippen LogP contribution in [0.1, 0.15) is 28.7 Å². The number of hydroxylamine groups is 2. The molecule has 1 N–H and O–H groups in total. The number of fused-ring (bicyclic) bond motifs is 3. The SMILES string of the molecule is CON(C)C(=O)[C@H]1CN(C)C(=O)c2c3c(nn2C1)C[C@@H](C)N(C(=O)O)C3. The average molecular weight is 365 g/mol. The Bertz CT molecular complexity index is 760. The number of rotatable bonds is 2. The number of carbonyl (C=O) groups is 3. The van der Waals surface area contributed by atoms with Crippen molar-refractivity contribution in [2.24, 2.45) is 5.92 Å². The fraction of sp³-hybridized carbons (Fsp3) is 0.625. The van der Waals surface area contributed by atoms with Crippen LogP contribution in [0.5, 0.6) is 0 Å². The van der Waals surface area contributed by atoms with Crippen LogP contribution in [0, 0.1) is 5.92 Å². The predicted molar refractivity (Wildman–Crippen MR) is 89.2 cm³/mol. The molecular weight excluding hydrogens is 342 g/mol. The predicted octanol–water partition coefficient (Wildman–Crippen LogP) is 0.0293. The number of hydrogen-bond acceptors (Lipinski definition) is 5. The van der Waals surface area contributed by atoms with Crippen LogP contribution < -0.4 is 0 Å². The topological polar surface area (TPSA) is 108 Å². The van der Waals surface area contributed by atoms with Crippen molar-refractivity contribution in [3.8, 4) is 0 Å². The third-order valence-electron chi connectivity index (χ3n) is 5.10. The highest BCUT2D eigenvalue weighted by atomic mass is 16.7. The van der Waals surface area contributed by atoms with Crippen LogP contribution in [-0.4, -0.2) is 81.4 Å². The van der Waals surface area contributed by atoms with Crippen molar-refractivity contribution in [2.75, 3.05) is 27.7 Å². The van der Waals surface area contributed by atoms with Crippen molar-refractivity contribution in [3.63, 3.8) is 0 Å². The standard InChI is InChI=1S/C16H23N5O5/c1-9-5-12-11(8-20(9)16(24)25)13-15(23)18(2)6-10(7-21(13)17-12)14(22)19(3)26-4/h9-10H,5-8H2,1-4H3,(H,24,25)/t9-,10+/m1/s1. The molecule has 0 aliphatic carbocycles. The molecule has 0 fully saturated rings. The van der Waals surface area contributed by atoms with E-state index in [0.29, 0.717) is 17.7 Å². The highest BCUT2D eigenvalue weighted by Gasteiger charge is 2.38. The Hall–Kier alpha value is -2.62. The monoisotopic (exact) mass is 365 g/mol. The van der Waals surface area contributed by atoms with E-state index in [2.05, 4.69) is 5.10 Å². The van der Waals surface area contributed by atoms with E-state index in [1.165, 1.54) is 24.0 Å². The van der Waals surface area contributed by atoms with Crippen molar-refractivity contribution in [1.29, 1.82) is 0 Å². The Morgan fingerprint density at radius 1 is 1.35 bits per heavy atom. The first-order chi connectivity index (χ1) is 12.2. The molecule has 3 heterocycles. The summed E-state index contributed by atoms with van der Waals surface area (Å²) < 4.78 is 1.56. The van der Waals surface area contributed by atoms with Gasteiger partial charge in [-0.1, -0.05) is 0 Å². The van der Waals surface area contributed by atoms with Crippen LogP contribution >= 0.6 is 0 Å². The fourth-order valence-electron chi connectivity index (χ4n) is 3.59. The minimum absolute atomic E-state index is 0.122. The molecule has 26 heavy (non-hydrogen) atoms. The summed E-state index contributed by atoms with van der Waals surface area (Å²) in [5.41, 5.74) is 1.73. The first-order valence-corrected chi connectivity index (χ1v) is 8.39. The lowest BCUT2D eigenvalue weighted by Gasteiger charge is -2.30. The van der Waals surface area contributed by atoms with E-state index < -0.39 is 12.0 Å². The maximum absolute atomic E-state index is 12.9. The molecule has 0 radical (unpaired) electrons. The van der Waals surface area contributed by atoms with Gasteiger partial charge in [0.15, 0.2) is 0 Å². The van der Waals surface area contributed by atoms with Gasteiger partial charge in [-0.15, -0.1) is 0 Å². The van der Waals surface area contributed by atoms with Crippen molar-refractivity contribution in [3.05, 3.63) is 17.0 Å². The molecule has 0 saturated carbocycles. The van der Waals surface area contributed by atoms with Crippen LogP contribution in [0.4, 0.5) is 4.79 Å². The second-order valence-electron chi connectivity index (χ2n) is 6.82. The fourth-order valence-corrected chi connectivity index (χ4v) is 3.59. The molecule has 1 aromatic rings. The zero-order chi connectivity index (χ0) is 19.2. The molecule has 2 aliphatic heterocycles. The number of nitrogens with zero attached hydrogens (tertiary/aromatic N) is 5. The lowest BCUT2D eigenvalue weighted by atomic mass is 10.00. The van der Waals surface area contributed by atoms with Crippen LogP contribution in [0.25, 0.3) is 0 Å². The van der Waals surface area contributed by atoms with E-state index in [-0.39, 0.29) is 37.5 Å². The van der Waals surface area contributed by atoms with Crippen LogP contribution in [0.3, 0.4) is 0 Å². The van der Waals surface area contributed by atoms with Crippen molar-refractivity contribution < 1.29 is 24.3 Å². The van der Waals surface area contributed by atoms with Gasteiger partial charge in [-0.05, 0) is 6.92 Å². The minimum Gasteiger partial charge on any atom is -0.465 e. The molecule has 0 saturated heterocycles. The lowest BCUT2D eigenvalue weighted by molar-refractivity contribution is -0.174. The number of aromatic nitrogens is 2. The largest absolute Gasteiger partial charge is 0.465 e. The van der Waals surface area contributed by atoms with Crippen molar-refractivity contribution in [2.45, 2.75) is 32.5 Å². The van der Waals surface area contributed by atoms with E-state index >= 15 is 0 Å². The summed E-state index contributed by atoms with van der Waals surface area (Å²) >= 11 is 0. The van der Waals surface area contributed by atoms with Gasteiger partial charge in [-0.2, -0.15) is 5.10 Å². The Kier molecular flexibility index (Phi) is 4.61. The van der Waals surface area contributed by atoms with Crippen LogP contribution in [-0.2, 0) is 29.1 Å². The number of amides is 3. The molecule has 0 aromatic carbocycles. The van der Waals surface area contributed by atoms with E-state index in [1.54, 1.807) is 11.7 Å². The zero-order valence-corrected chi connectivity index (χ0v) is 15.3. The Morgan fingerprint density at radius 2 is 2.04 bits per heavy atom. The third kappa shape index (κ3) is 2.90. The van der Waals surface area contributed by atoms with E-state index in [0.717, 1.165) is 10.8 Å². The molecule has 2 atom stereocenters. The van der Waals surface area contributed by atoms with Gasteiger partial charge in [0.05, 0.1) is 31.8 Å².